The molecule has 38 heavy (non-hydrogen) atoms. The van der Waals surface area contributed by atoms with Crippen molar-refractivity contribution in [3.8, 4) is 16.8 Å². The summed E-state index contributed by atoms with van der Waals surface area (Å²) in [5, 5.41) is 6.12. The van der Waals surface area contributed by atoms with Crippen molar-refractivity contribution in [3.63, 3.8) is 0 Å². The summed E-state index contributed by atoms with van der Waals surface area (Å²) in [4.78, 5) is 25.8. The number of thiazole rings is 1. The van der Waals surface area contributed by atoms with Crippen LogP contribution in [0.15, 0.2) is 77.3 Å². The number of nitrogens with zero attached hydrogens (tertiary/aromatic N) is 6. The SMILES string of the molecule is CC.CCc1cc2cccc(-c3cnn(C)c3)c2c(=O)n1-c1ccccc1.Nc1nc(Cl)nc2scnc12. The molecule has 0 fully saturated rings. The number of aromatic nitrogens is 6. The maximum Gasteiger partial charge on any atom is 0.263 e. The van der Waals surface area contributed by atoms with E-state index < -0.39 is 0 Å². The molecule has 0 bridgehead atoms. The minimum atomic E-state index is 0.0139. The highest BCUT2D eigenvalue weighted by molar-refractivity contribution is 7.16. The molecule has 4 aromatic heterocycles. The van der Waals surface area contributed by atoms with Crippen LogP contribution in [0.25, 0.3) is 37.9 Å². The molecule has 0 aliphatic rings. The predicted octanol–water partition coefficient (Wildman–Crippen LogP) is 6.30. The van der Waals surface area contributed by atoms with Gasteiger partial charge in [0, 0.05) is 30.2 Å². The summed E-state index contributed by atoms with van der Waals surface area (Å²) >= 11 is 6.95. The number of anilines is 1. The first-order chi connectivity index (χ1) is 18.5. The average molecular weight is 546 g/mol. The van der Waals surface area contributed by atoms with Gasteiger partial charge in [0.25, 0.3) is 5.56 Å². The maximum absolute atomic E-state index is 13.4. The molecule has 0 aliphatic heterocycles. The number of hydrogen-bond donors (Lipinski definition) is 1. The van der Waals surface area contributed by atoms with Crippen molar-refractivity contribution in [2.45, 2.75) is 27.2 Å². The lowest BCUT2D eigenvalue weighted by atomic mass is 10.0. The molecular weight excluding hydrogens is 518 g/mol. The van der Waals surface area contributed by atoms with Gasteiger partial charge in [-0.2, -0.15) is 10.1 Å². The number of hydrogen-bond acceptors (Lipinski definition) is 7. The fourth-order valence-corrected chi connectivity index (χ4v) is 4.98. The highest BCUT2D eigenvalue weighted by Gasteiger charge is 2.14. The highest BCUT2D eigenvalue weighted by atomic mass is 35.5. The molecule has 0 atom stereocenters. The number of nitrogen functional groups attached to an aromatic ring is 1. The lowest BCUT2D eigenvalue weighted by Gasteiger charge is -2.15. The van der Waals surface area contributed by atoms with Gasteiger partial charge in [0.15, 0.2) is 5.82 Å². The van der Waals surface area contributed by atoms with Gasteiger partial charge in [-0.05, 0) is 47.2 Å². The zero-order valence-corrected chi connectivity index (χ0v) is 23.2. The summed E-state index contributed by atoms with van der Waals surface area (Å²) in [5.74, 6) is 0.334. The van der Waals surface area contributed by atoms with E-state index in [0.29, 0.717) is 11.3 Å². The molecule has 0 unspecified atom stereocenters. The topological polar surface area (TPSA) is 105 Å². The van der Waals surface area contributed by atoms with Crippen LogP contribution in [-0.4, -0.2) is 29.3 Å². The summed E-state index contributed by atoms with van der Waals surface area (Å²) in [6.07, 6.45) is 4.53. The molecule has 194 valence electrons. The summed E-state index contributed by atoms with van der Waals surface area (Å²) in [6.45, 7) is 6.07. The fraction of sp³-hybridized carbons (Fsp3) is 0.179. The molecule has 0 saturated carbocycles. The number of fused-ring (bicyclic) bond motifs is 2. The minimum Gasteiger partial charge on any atom is -0.382 e. The first-order valence-corrected chi connectivity index (χ1v) is 13.5. The molecular formula is C28H28ClN7OS. The first kappa shape index (κ1) is 27.0. The largest absolute Gasteiger partial charge is 0.382 e. The minimum absolute atomic E-state index is 0.0139. The second-order valence-electron chi connectivity index (χ2n) is 8.02. The third-order valence-corrected chi connectivity index (χ3v) is 6.60. The third-order valence-electron chi connectivity index (χ3n) is 5.71. The second-order valence-corrected chi connectivity index (χ2v) is 9.19. The van der Waals surface area contributed by atoms with Crippen LogP contribution in [0.3, 0.4) is 0 Å². The van der Waals surface area contributed by atoms with Crippen molar-refractivity contribution in [1.82, 2.24) is 29.3 Å². The molecule has 0 saturated heterocycles. The van der Waals surface area contributed by atoms with Crippen LogP contribution in [0, 0.1) is 0 Å². The molecule has 6 rings (SSSR count). The van der Waals surface area contributed by atoms with Crippen LogP contribution >= 0.6 is 22.9 Å². The summed E-state index contributed by atoms with van der Waals surface area (Å²) in [7, 11) is 1.88. The van der Waals surface area contributed by atoms with E-state index >= 15 is 0 Å². The van der Waals surface area contributed by atoms with Crippen LogP contribution in [0.4, 0.5) is 5.82 Å². The maximum atomic E-state index is 13.4. The van der Waals surface area contributed by atoms with Gasteiger partial charge in [0.05, 0.1) is 17.1 Å². The van der Waals surface area contributed by atoms with Crippen molar-refractivity contribution in [2.75, 3.05) is 5.73 Å². The van der Waals surface area contributed by atoms with E-state index in [-0.39, 0.29) is 10.8 Å². The van der Waals surface area contributed by atoms with Crippen LogP contribution < -0.4 is 11.3 Å². The Morgan fingerprint density at radius 2 is 1.82 bits per heavy atom. The van der Waals surface area contributed by atoms with E-state index in [2.05, 4.69) is 33.0 Å². The number of aryl methyl sites for hydroxylation is 2. The lowest BCUT2D eigenvalue weighted by Crippen LogP contribution is -2.22. The fourth-order valence-electron chi connectivity index (χ4n) is 4.09. The molecule has 2 N–H and O–H groups in total. The van der Waals surface area contributed by atoms with Crippen molar-refractivity contribution < 1.29 is 0 Å². The molecule has 0 aliphatic carbocycles. The van der Waals surface area contributed by atoms with E-state index in [1.807, 2.05) is 80.2 Å². The van der Waals surface area contributed by atoms with Gasteiger partial charge >= 0.3 is 0 Å². The molecule has 8 nitrogen and oxygen atoms in total. The predicted molar refractivity (Wildman–Crippen MR) is 157 cm³/mol. The van der Waals surface area contributed by atoms with E-state index in [1.165, 1.54) is 11.3 Å². The van der Waals surface area contributed by atoms with Crippen molar-refractivity contribution in [3.05, 3.63) is 93.8 Å². The zero-order chi connectivity index (χ0) is 27.2. The van der Waals surface area contributed by atoms with Crippen molar-refractivity contribution in [2.24, 2.45) is 7.05 Å². The highest BCUT2D eigenvalue weighted by Crippen LogP contribution is 2.27. The normalized spacial score (nSPS) is 10.6. The number of pyridine rings is 1. The molecule has 0 radical (unpaired) electrons. The molecule has 4 heterocycles. The Balaban J connectivity index is 0.000000215. The van der Waals surface area contributed by atoms with Gasteiger partial charge in [0.1, 0.15) is 10.3 Å². The standard InChI is InChI=1S/C21H19N3O.C5H3ClN4S.C2H6/c1-3-17-12-15-8-7-11-19(16-13-22-23(2)14-16)20(15)21(25)24(17)18-9-5-4-6-10-18;6-5-9-3(7)2-4(10-5)11-1-8-2;1-2/h4-14H,3H2,1-2H3;1H,(H2,7,9,10);1-2H3. The number of halogens is 1. The van der Waals surface area contributed by atoms with Crippen molar-refractivity contribution in [1.29, 1.82) is 0 Å². The number of rotatable bonds is 3. The van der Waals surface area contributed by atoms with Gasteiger partial charge in [0.2, 0.25) is 5.28 Å². The van der Waals surface area contributed by atoms with Gasteiger partial charge in [-0.1, -0.05) is 57.2 Å². The summed E-state index contributed by atoms with van der Waals surface area (Å²) in [5.41, 5.74) is 11.6. The van der Waals surface area contributed by atoms with Gasteiger partial charge in [-0.25, -0.2) is 9.97 Å². The Bertz CT molecular complexity index is 1740. The Kier molecular flexibility index (Phi) is 8.50. The zero-order valence-electron chi connectivity index (χ0n) is 21.6. The molecule has 2 aromatic carbocycles. The summed E-state index contributed by atoms with van der Waals surface area (Å²) in [6, 6.07) is 17.9. The van der Waals surface area contributed by atoms with E-state index in [9.17, 15) is 4.79 Å². The molecule has 6 aromatic rings. The summed E-state index contributed by atoms with van der Waals surface area (Å²) < 4.78 is 3.58. The Morgan fingerprint density at radius 1 is 1.05 bits per heavy atom. The van der Waals surface area contributed by atoms with E-state index in [4.69, 9.17) is 17.3 Å². The number of nitrogens with two attached hydrogens (primary N) is 1. The van der Waals surface area contributed by atoms with Gasteiger partial charge in [-0.3, -0.25) is 14.0 Å². The quantitative estimate of drug-likeness (QED) is 0.262. The Morgan fingerprint density at radius 3 is 2.50 bits per heavy atom. The van der Waals surface area contributed by atoms with Crippen LogP contribution in [0.2, 0.25) is 5.28 Å². The van der Waals surface area contributed by atoms with Crippen LogP contribution in [0.1, 0.15) is 26.5 Å². The smallest absolute Gasteiger partial charge is 0.263 e. The molecule has 10 heteroatoms. The number of para-hydroxylation sites is 1. The number of benzene rings is 2. The average Bonchev–Trinajstić information content (AvgIpc) is 3.59. The van der Waals surface area contributed by atoms with Crippen LogP contribution in [0.5, 0.6) is 0 Å². The van der Waals surface area contributed by atoms with Crippen LogP contribution in [-0.2, 0) is 13.5 Å². The second kappa shape index (κ2) is 12.0. The lowest BCUT2D eigenvalue weighted by molar-refractivity contribution is 0.768. The molecule has 0 spiro atoms. The Labute approximate surface area is 229 Å². The van der Waals surface area contributed by atoms with E-state index in [1.54, 1.807) is 16.4 Å². The molecule has 0 amide bonds. The first-order valence-electron chi connectivity index (χ1n) is 12.2. The van der Waals surface area contributed by atoms with Crippen molar-refractivity contribution >= 4 is 49.9 Å². The van der Waals surface area contributed by atoms with E-state index in [0.717, 1.165) is 44.5 Å². The van der Waals surface area contributed by atoms with Gasteiger partial charge in [-0.15, -0.1) is 11.3 Å². The Hall–Kier alpha value is -4.08. The third kappa shape index (κ3) is 5.44. The van der Waals surface area contributed by atoms with Gasteiger partial charge < -0.3 is 5.73 Å². The monoisotopic (exact) mass is 545 g/mol.